The zero-order chi connectivity index (χ0) is 44.0. The SMILES string of the molecule is CCCCC/C=C\C/C=C\C/C=C\C=C\[C@@H](O)CCCC(=O)OC[C@H](COP(=O)(O)OCCN)OC(=O)CCCCCCCCCCCCC/C=C\CCCCCCCC. The molecule has 0 rings (SSSR count). The lowest BCUT2D eigenvalue weighted by Crippen LogP contribution is -2.29. The van der Waals surface area contributed by atoms with Crippen LogP contribution in [0.4, 0.5) is 0 Å². The van der Waals surface area contributed by atoms with Crippen molar-refractivity contribution in [2.24, 2.45) is 5.73 Å². The average molecular weight is 866 g/mol. The average Bonchev–Trinajstić information content (AvgIpc) is 3.23. The number of hydrogen-bond donors (Lipinski definition) is 3. The maximum Gasteiger partial charge on any atom is 0.472 e. The van der Waals surface area contributed by atoms with Crippen LogP contribution >= 0.6 is 7.82 Å². The molecule has 0 saturated heterocycles. The Kier molecular flexibility index (Phi) is 43.0. The van der Waals surface area contributed by atoms with Gasteiger partial charge in [0.2, 0.25) is 0 Å². The van der Waals surface area contributed by atoms with E-state index >= 15 is 0 Å². The lowest BCUT2D eigenvalue weighted by molar-refractivity contribution is -0.161. The molecule has 0 aliphatic rings. The number of carbonyl (C=O) groups excluding carboxylic acids is 2. The maximum absolute atomic E-state index is 12.6. The molecule has 0 spiro atoms. The van der Waals surface area contributed by atoms with Gasteiger partial charge in [-0.1, -0.05) is 177 Å². The lowest BCUT2D eigenvalue weighted by Gasteiger charge is -2.20. The Morgan fingerprint density at radius 2 is 1.07 bits per heavy atom. The van der Waals surface area contributed by atoms with Gasteiger partial charge in [0, 0.05) is 19.4 Å². The highest BCUT2D eigenvalue weighted by Gasteiger charge is 2.26. The molecule has 0 aliphatic carbocycles. The number of phosphoric acid groups is 1. The van der Waals surface area contributed by atoms with Gasteiger partial charge in [-0.25, -0.2) is 4.57 Å². The zero-order valence-corrected chi connectivity index (χ0v) is 38.9. The predicted octanol–water partition coefficient (Wildman–Crippen LogP) is 13.0. The van der Waals surface area contributed by atoms with Crippen molar-refractivity contribution in [2.75, 3.05) is 26.4 Å². The minimum atomic E-state index is -4.43. The third-order valence-electron chi connectivity index (χ3n) is 9.98. The van der Waals surface area contributed by atoms with Crippen molar-refractivity contribution in [3.05, 3.63) is 60.8 Å². The molecule has 4 N–H and O–H groups in total. The van der Waals surface area contributed by atoms with E-state index in [9.17, 15) is 24.2 Å². The molecular weight excluding hydrogens is 778 g/mol. The Morgan fingerprint density at radius 3 is 1.67 bits per heavy atom. The number of esters is 2. The molecular formula is C49H88NO9P. The fourth-order valence-electron chi connectivity index (χ4n) is 6.38. The van der Waals surface area contributed by atoms with Crippen molar-refractivity contribution < 1.29 is 42.7 Å². The first-order valence-corrected chi connectivity index (χ1v) is 25.4. The van der Waals surface area contributed by atoms with Gasteiger partial charge in [-0.3, -0.25) is 18.6 Å². The van der Waals surface area contributed by atoms with Gasteiger partial charge in [0.25, 0.3) is 0 Å². The fourth-order valence-corrected chi connectivity index (χ4v) is 7.14. The third kappa shape index (κ3) is 43.7. The Labute approximate surface area is 366 Å². The molecule has 0 bridgehead atoms. The van der Waals surface area contributed by atoms with Gasteiger partial charge in [0.15, 0.2) is 6.10 Å². The highest BCUT2D eigenvalue weighted by molar-refractivity contribution is 7.47. The summed E-state index contributed by atoms with van der Waals surface area (Å²) in [4.78, 5) is 35.0. The molecule has 10 nitrogen and oxygen atoms in total. The molecule has 0 aromatic rings. The van der Waals surface area contributed by atoms with Crippen LogP contribution in [0.15, 0.2) is 60.8 Å². The second kappa shape index (κ2) is 44.7. The molecule has 348 valence electrons. The summed E-state index contributed by atoms with van der Waals surface area (Å²) in [5.74, 6) is -1.03. The first kappa shape index (κ1) is 57.7. The van der Waals surface area contributed by atoms with Crippen LogP contribution in [0.25, 0.3) is 0 Å². The number of phosphoric ester groups is 1. The van der Waals surface area contributed by atoms with Crippen LogP contribution in [0.3, 0.4) is 0 Å². The summed E-state index contributed by atoms with van der Waals surface area (Å²) in [5.41, 5.74) is 5.35. The summed E-state index contributed by atoms with van der Waals surface area (Å²) >= 11 is 0. The van der Waals surface area contributed by atoms with Crippen molar-refractivity contribution in [1.29, 1.82) is 0 Å². The monoisotopic (exact) mass is 866 g/mol. The van der Waals surface area contributed by atoms with Crippen molar-refractivity contribution in [1.82, 2.24) is 0 Å². The van der Waals surface area contributed by atoms with Gasteiger partial charge in [0.05, 0.1) is 19.3 Å². The van der Waals surface area contributed by atoms with Crippen LogP contribution in [0.2, 0.25) is 0 Å². The number of allylic oxidation sites excluding steroid dienone is 9. The van der Waals surface area contributed by atoms with Crippen molar-refractivity contribution >= 4 is 19.8 Å². The van der Waals surface area contributed by atoms with E-state index < -0.39 is 38.6 Å². The summed E-state index contributed by atoms with van der Waals surface area (Å²) in [6.07, 6.45) is 50.0. The Balaban J connectivity index is 4.25. The van der Waals surface area contributed by atoms with E-state index in [0.29, 0.717) is 19.3 Å². The maximum atomic E-state index is 12.6. The summed E-state index contributed by atoms with van der Waals surface area (Å²) in [7, 11) is -4.43. The molecule has 0 aromatic carbocycles. The van der Waals surface area contributed by atoms with Crippen LogP contribution in [0.5, 0.6) is 0 Å². The first-order valence-electron chi connectivity index (χ1n) is 23.9. The molecule has 60 heavy (non-hydrogen) atoms. The smallest absolute Gasteiger partial charge is 0.462 e. The number of hydrogen-bond acceptors (Lipinski definition) is 9. The number of nitrogens with two attached hydrogens (primary N) is 1. The molecule has 0 fully saturated rings. The largest absolute Gasteiger partial charge is 0.472 e. The first-order chi connectivity index (χ1) is 29.2. The number of ether oxygens (including phenoxy) is 2. The van der Waals surface area contributed by atoms with Gasteiger partial charge in [-0.2, -0.15) is 0 Å². The van der Waals surface area contributed by atoms with E-state index in [4.69, 9.17) is 24.3 Å². The second-order valence-electron chi connectivity index (χ2n) is 15.8. The molecule has 0 heterocycles. The summed E-state index contributed by atoms with van der Waals surface area (Å²) in [5, 5.41) is 10.3. The summed E-state index contributed by atoms with van der Waals surface area (Å²) < 4.78 is 32.7. The fraction of sp³-hybridized carbons (Fsp3) is 0.755. The number of rotatable bonds is 44. The lowest BCUT2D eigenvalue weighted by atomic mass is 10.0. The van der Waals surface area contributed by atoms with Gasteiger partial charge >= 0.3 is 19.8 Å². The topological polar surface area (TPSA) is 155 Å². The number of aliphatic hydroxyl groups is 1. The molecule has 3 atom stereocenters. The minimum Gasteiger partial charge on any atom is -0.462 e. The predicted molar refractivity (Wildman–Crippen MR) is 249 cm³/mol. The van der Waals surface area contributed by atoms with Crippen LogP contribution in [-0.2, 0) is 32.7 Å². The molecule has 1 unspecified atom stereocenters. The highest BCUT2D eigenvalue weighted by atomic mass is 31.2. The number of aliphatic hydroxyl groups excluding tert-OH is 1. The van der Waals surface area contributed by atoms with Crippen LogP contribution < -0.4 is 5.73 Å². The molecule has 0 amide bonds. The normalized spacial score (nSPS) is 14.3. The quantitative estimate of drug-likeness (QED) is 0.0177. The van der Waals surface area contributed by atoms with E-state index in [2.05, 4.69) is 50.3 Å². The van der Waals surface area contributed by atoms with Crippen LogP contribution in [-0.4, -0.2) is 60.5 Å². The van der Waals surface area contributed by atoms with E-state index in [-0.39, 0.29) is 32.6 Å². The highest BCUT2D eigenvalue weighted by Crippen LogP contribution is 2.43. The third-order valence-corrected chi connectivity index (χ3v) is 11.0. The van der Waals surface area contributed by atoms with Crippen molar-refractivity contribution in [3.8, 4) is 0 Å². The van der Waals surface area contributed by atoms with Gasteiger partial charge < -0.3 is 25.2 Å². The van der Waals surface area contributed by atoms with E-state index in [1.807, 2.05) is 12.2 Å². The molecule has 0 aliphatic heterocycles. The van der Waals surface area contributed by atoms with Gasteiger partial charge in [-0.05, 0) is 70.6 Å². The second-order valence-corrected chi connectivity index (χ2v) is 17.3. The zero-order valence-electron chi connectivity index (χ0n) is 38.0. The van der Waals surface area contributed by atoms with Crippen molar-refractivity contribution in [3.63, 3.8) is 0 Å². The van der Waals surface area contributed by atoms with Crippen molar-refractivity contribution in [2.45, 2.75) is 212 Å². The Hall–Kier alpha value is -2.33. The molecule has 0 aromatic heterocycles. The molecule has 0 radical (unpaired) electrons. The van der Waals surface area contributed by atoms with E-state index in [1.165, 1.54) is 116 Å². The standard InChI is InChI=1S/C49H88NO9P/c1-3-5-7-9-11-13-15-17-18-19-20-21-22-23-24-26-28-30-32-34-36-40-49(53)59-47(45-58-60(54,55)57-43-42-50)44-56-48(52)41-37-39-46(51)38-35-33-31-29-27-25-16-14-12-10-8-6-4-2/h12,14,17-18,25,27,31,33,35,38,46-47,51H,3-11,13,15-16,19-24,26,28-30,32,34,36-37,39-45,50H2,1-2H3,(H,54,55)/b14-12-,18-17-,27-25-,33-31-,38-35+/t46-,47-/m1/s1. The van der Waals surface area contributed by atoms with E-state index in [1.54, 1.807) is 12.2 Å². The summed E-state index contributed by atoms with van der Waals surface area (Å²) in [6, 6.07) is 0. The summed E-state index contributed by atoms with van der Waals surface area (Å²) in [6.45, 7) is 3.49. The minimum absolute atomic E-state index is 0.0258. The van der Waals surface area contributed by atoms with Gasteiger partial charge in [0.1, 0.15) is 6.61 Å². The Bertz CT molecular complexity index is 1190. The number of unbranched alkanes of at least 4 members (excludes halogenated alkanes) is 20. The molecule has 11 heteroatoms. The van der Waals surface area contributed by atoms with Crippen LogP contribution in [0, 0.1) is 0 Å². The Morgan fingerprint density at radius 1 is 0.583 bits per heavy atom. The van der Waals surface area contributed by atoms with Crippen LogP contribution in [0.1, 0.15) is 200 Å². The van der Waals surface area contributed by atoms with E-state index in [0.717, 1.165) is 38.5 Å². The number of carbonyl (C=O) groups is 2. The molecule has 0 saturated carbocycles. The van der Waals surface area contributed by atoms with Gasteiger partial charge in [-0.15, -0.1) is 0 Å².